The van der Waals surface area contributed by atoms with Crippen LogP contribution in [0.5, 0.6) is 0 Å². The Hall–Kier alpha value is -0.820. The van der Waals surface area contributed by atoms with Gasteiger partial charge in [-0.05, 0) is 38.4 Å². The van der Waals surface area contributed by atoms with Gasteiger partial charge < -0.3 is 4.90 Å². The zero-order chi connectivity index (χ0) is 10.7. The van der Waals surface area contributed by atoms with Crippen molar-refractivity contribution in [2.24, 2.45) is 0 Å². The molecule has 0 bridgehead atoms. The van der Waals surface area contributed by atoms with Crippen LogP contribution in [0.2, 0.25) is 0 Å². The first-order chi connectivity index (χ1) is 7.29. The first-order valence-electron chi connectivity index (χ1n) is 6.00. The predicted molar refractivity (Wildman–Crippen MR) is 65.1 cm³/mol. The molecule has 2 atom stereocenters. The largest absolute Gasteiger partial charge is 0.306 e. The Morgan fingerprint density at radius 3 is 2.33 bits per heavy atom. The van der Waals surface area contributed by atoms with Crippen molar-refractivity contribution in [1.82, 2.24) is 4.90 Å². The van der Waals surface area contributed by atoms with Gasteiger partial charge >= 0.3 is 0 Å². The van der Waals surface area contributed by atoms with Gasteiger partial charge in [0.2, 0.25) is 0 Å². The lowest BCUT2D eigenvalue weighted by Gasteiger charge is -2.36. The van der Waals surface area contributed by atoms with Crippen LogP contribution < -0.4 is 0 Å². The molecule has 0 N–H and O–H groups in total. The zero-order valence-corrected chi connectivity index (χ0v) is 9.82. The third kappa shape index (κ3) is 2.40. The molecule has 2 rings (SSSR count). The van der Waals surface area contributed by atoms with E-state index in [-0.39, 0.29) is 0 Å². The van der Waals surface area contributed by atoms with Crippen LogP contribution >= 0.6 is 0 Å². The molecule has 1 heteroatoms. The summed E-state index contributed by atoms with van der Waals surface area (Å²) in [4.78, 5) is 2.40. The van der Waals surface area contributed by atoms with E-state index in [1.807, 2.05) is 0 Å². The Balaban J connectivity index is 2.18. The standard InChI is InChI=1S/C14H21N/c1-15(2)14-11-7-6-10-13(14)12-8-4-3-5-9-12/h3-5,8-9,13-14H,6-7,10-11H2,1-2H3/t13-,14+/m1/s1. The Kier molecular flexibility index (Phi) is 3.42. The lowest BCUT2D eigenvalue weighted by Crippen LogP contribution is -2.36. The molecule has 0 spiro atoms. The fourth-order valence-corrected chi connectivity index (χ4v) is 2.82. The van der Waals surface area contributed by atoms with Crippen molar-refractivity contribution in [2.75, 3.05) is 14.1 Å². The van der Waals surface area contributed by atoms with Gasteiger partial charge in [0, 0.05) is 6.04 Å². The van der Waals surface area contributed by atoms with E-state index in [0.717, 1.165) is 12.0 Å². The van der Waals surface area contributed by atoms with Gasteiger partial charge in [-0.1, -0.05) is 43.2 Å². The Labute approximate surface area is 93.1 Å². The molecule has 0 unspecified atom stereocenters. The molecule has 82 valence electrons. The third-order valence-electron chi connectivity index (χ3n) is 3.62. The van der Waals surface area contributed by atoms with Crippen molar-refractivity contribution in [2.45, 2.75) is 37.6 Å². The monoisotopic (exact) mass is 203 g/mol. The maximum Gasteiger partial charge on any atom is 0.0158 e. The molecule has 0 aliphatic heterocycles. The SMILES string of the molecule is CN(C)[C@H]1CCCC[C@@H]1c1ccccc1. The quantitative estimate of drug-likeness (QED) is 0.713. The van der Waals surface area contributed by atoms with Crippen molar-refractivity contribution in [3.05, 3.63) is 35.9 Å². The van der Waals surface area contributed by atoms with Gasteiger partial charge in [-0.2, -0.15) is 0 Å². The van der Waals surface area contributed by atoms with Gasteiger partial charge in [0.1, 0.15) is 0 Å². The molecule has 0 saturated heterocycles. The highest BCUT2D eigenvalue weighted by molar-refractivity contribution is 5.21. The average molecular weight is 203 g/mol. The topological polar surface area (TPSA) is 3.24 Å². The van der Waals surface area contributed by atoms with Crippen LogP contribution in [-0.4, -0.2) is 25.0 Å². The van der Waals surface area contributed by atoms with Crippen molar-refractivity contribution < 1.29 is 0 Å². The Morgan fingerprint density at radius 1 is 1.00 bits per heavy atom. The molecular weight excluding hydrogens is 182 g/mol. The highest BCUT2D eigenvalue weighted by Crippen LogP contribution is 2.34. The zero-order valence-electron chi connectivity index (χ0n) is 9.82. The number of rotatable bonds is 2. The number of likely N-dealkylation sites (N-methyl/N-ethyl adjacent to an activating group) is 1. The summed E-state index contributed by atoms with van der Waals surface area (Å²) in [5.41, 5.74) is 1.52. The van der Waals surface area contributed by atoms with Crippen LogP contribution in [0.3, 0.4) is 0 Å². The number of nitrogens with zero attached hydrogens (tertiary/aromatic N) is 1. The van der Waals surface area contributed by atoms with E-state index in [1.54, 1.807) is 0 Å². The van der Waals surface area contributed by atoms with Crippen molar-refractivity contribution in [1.29, 1.82) is 0 Å². The van der Waals surface area contributed by atoms with E-state index in [2.05, 4.69) is 49.3 Å². The van der Waals surface area contributed by atoms with Gasteiger partial charge in [0.05, 0.1) is 0 Å². The maximum atomic E-state index is 2.40. The molecule has 1 aromatic carbocycles. The van der Waals surface area contributed by atoms with Crippen LogP contribution in [-0.2, 0) is 0 Å². The summed E-state index contributed by atoms with van der Waals surface area (Å²) >= 11 is 0. The molecule has 0 radical (unpaired) electrons. The minimum Gasteiger partial charge on any atom is -0.306 e. The van der Waals surface area contributed by atoms with E-state index in [4.69, 9.17) is 0 Å². The number of hydrogen-bond donors (Lipinski definition) is 0. The summed E-state index contributed by atoms with van der Waals surface area (Å²) in [5.74, 6) is 0.745. The molecule has 15 heavy (non-hydrogen) atoms. The molecular formula is C14H21N. The Morgan fingerprint density at radius 2 is 1.67 bits per heavy atom. The second-order valence-corrected chi connectivity index (χ2v) is 4.83. The van der Waals surface area contributed by atoms with E-state index >= 15 is 0 Å². The van der Waals surface area contributed by atoms with Crippen molar-refractivity contribution in [3.63, 3.8) is 0 Å². The van der Waals surface area contributed by atoms with E-state index in [1.165, 1.54) is 31.2 Å². The molecule has 0 heterocycles. The van der Waals surface area contributed by atoms with Crippen LogP contribution in [0, 0.1) is 0 Å². The van der Waals surface area contributed by atoms with E-state index in [0.29, 0.717) is 0 Å². The van der Waals surface area contributed by atoms with Crippen molar-refractivity contribution >= 4 is 0 Å². The predicted octanol–water partition coefficient (Wildman–Crippen LogP) is 3.27. The summed E-state index contributed by atoms with van der Waals surface area (Å²) in [5, 5.41) is 0. The molecule has 1 fully saturated rings. The summed E-state index contributed by atoms with van der Waals surface area (Å²) in [6.07, 6.45) is 5.50. The van der Waals surface area contributed by atoms with E-state index in [9.17, 15) is 0 Å². The van der Waals surface area contributed by atoms with Crippen LogP contribution in [0.4, 0.5) is 0 Å². The normalized spacial score (nSPS) is 26.9. The van der Waals surface area contributed by atoms with Crippen LogP contribution in [0.15, 0.2) is 30.3 Å². The highest BCUT2D eigenvalue weighted by atomic mass is 15.1. The average Bonchev–Trinajstić information content (AvgIpc) is 2.30. The molecule has 1 aromatic rings. The lowest BCUT2D eigenvalue weighted by atomic mass is 9.79. The second kappa shape index (κ2) is 4.80. The van der Waals surface area contributed by atoms with Crippen molar-refractivity contribution in [3.8, 4) is 0 Å². The third-order valence-corrected chi connectivity index (χ3v) is 3.62. The summed E-state index contributed by atoms with van der Waals surface area (Å²) < 4.78 is 0. The molecule has 0 amide bonds. The van der Waals surface area contributed by atoms with Gasteiger partial charge in [-0.15, -0.1) is 0 Å². The fraction of sp³-hybridized carbons (Fsp3) is 0.571. The summed E-state index contributed by atoms with van der Waals surface area (Å²) in [6, 6.07) is 11.7. The van der Waals surface area contributed by atoms with Gasteiger partial charge in [0.25, 0.3) is 0 Å². The highest BCUT2D eigenvalue weighted by Gasteiger charge is 2.27. The minimum absolute atomic E-state index is 0.737. The summed E-state index contributed by atoms with van der Waals surface area (Å²) in [7, 11) is 4.43. The molecule has 1 aliphatic rings. The summed E-state index contributed by atoms with van der Waals surface area (Å²) in [6.45, 7) is 0. The molecule has 1 saturated carbocycles. The number of benzene rings is 1. The molecule has 0 aromatic heterocycles. The van der Waals surface area contributed by atoms with Gasteiger partial charge in [-0.25, -0.2) is 0 Å². The van der Waals surface area contributed by atoms with Gasteiger partial charge in [0.15, 0.2) is 0 Å². The lowest BCUT2D eigenvalue weighted by molar-refractivity contribution is 0.199. The molecule has 1 nitrogen and oxygen atoms in total. The second-order valence-electron chi connectivity index (χ2n) is 4.83. The first kappa shape index (κ1) is 10.7. The van der Waals surface area contributed by atoms with E-state index < -0.39 is 0 Å². The minimum atomic E-state index is 0.737. The van der Waals surface area contributed by atoms with Crippen LogP contribution in [0.25, 0.3) is 0 Å². The maximum absolute atomic E-state index is 2.40. The smallest absolute Gasteiger partial charge is 0.0158 e. The number of hydrogen-bond acceptors (Lipinski definition) is 1. The van der Waals surface area contributed by atoms with Crippen LogP contribution in [0.1, 0.15) is 37.2 Å². The Bertz CT molecular complexity index is 291. The molecule has 1 aliphatic carbocycles. The van der Waals surface area contributed by atoms with Gasteiger partial charge in [-0.3, -0.25) is 0 Å². The first-order valence-corrected chi connectivity index (χ1v) is 6.00. The fourth-order valence-electron chi connectivity index (χ4n) is 2.82.